The van der Waals surface area contributed by atoms with Gasteiger partial charge in [-0.3, -0.25) is 0 Å². The third-order valence-corrected chi connectivity index (χ3v) is 3.55. The molecule has 2 aromatic carbocycles. The topological polar surface area (TPSA) is 54.7 Å². The van der Waals surface area contributed by atoms with E-state index >= 15 is 0 Å². The highest BCUT2D eigenvalue weighted by molar-refractivity contribution is 5.80. The number of nitrogens with one attached hydrogen (secondary N) is 1. The van der Waals surface area contributed by atoms with Crippen LogP contribution in [0.5, 0.6) is 0 Å². The molecule has 102 valence electrons. The third kappa shape index (κ3) is 2.30. The van der Waals surface area contributed by atoms with E-state index < -0.39 is 0 Å². The maximum absolute atomic E-state index is 12.9. The number of fused-ring (bicyclic) bond motifs is 1. The molecule has 0 bridgehead atoms. The summed E-state index contributed by atoms with van der Waals surface area (Å²) in [5.74, 6) is 0.818. The first-order chi connectivity index (χ1) is 9.67. The fourth-order valence-corrected chi connectivity index (χ4v) is 2.21. The summed E-state index contributed by atoms with van der Waals surface area (Å²) in [7, 11) is 0. The first kappa shape index (κ1) is 12.8. The lowest BCUT2D eigenvalue weighted by Crippen LogP contribution is -2.08. The number of aromatic nitrogens is 2. The molecule has 0 aliphatic rings. The van der Waals surface area contributed by atoms with E-state index in [1.165, 1.54) is 17.7 Å². The van der Waals surface area contributed by atoms with Gasteiger partial charge >= 0.3 is 0 Å². The second kappa shape index (κ2) is 5.06. The average Bonchev–Trinajstić information content (AvgIpc) is 2.90. The normalized spacial score (nSPS) is 12.8. The van der Waals surface area contributed by atoms with Gasteiger partial charge in [-0.2, -0.15) is 0 Å². The lowest BCUT2D eigenvalue weighted by Gasteiger charge is -2.07. The second-order valence-corrected chi connectivity index (χ2v) is 5.01. The molecule has 0 saturated heterocycles. The van der Waals surface area contributed by atoms with Crippen LogP contribution in [0, 0.1) is 5.82 Å². The molecule has 3 nitrogen and oxygen atoms in total. The van der Waals surface area contributed by atoms with Crippen molar-refractivity contribution in [2.24, 2.45) is 5.73 Å². The number of halogens is 1. The van der Waals surface area contributed by atoms with Gasteiger partial charge in [0.15, 0.2) is 0 Å². The molecule has 1 atom stereocenters. The monoisotopic (exact) mass is 269 g/mol. The maximum atomic E-state index is 12.9. The second-order valence-electron chi connectivity index (χ2n) is 5.01. The van der Waals surface area contributed by atoms with Crippen molar-refractivity contribution < 1.29 is 4.39 Å². The van der Waals surface area contributed by atoms with Crippen LogP contribution in [0.2, 0.25) is 0 Å². The molecule has 3 aromatic rings. The summed E-state index contributed by atoms with van der Waals surface area (Å²) in [5, 5.41) is 0. The van der Waals surface area contributed by atoms with E-state index in [-0.39, 0.29) is 5.82 Å². The Kier molecular flexibility index (Phi) is 3.24. The van der Waals surface area contributed by atoms with Crippen molar-refractivity contribution in [1.29, 1.82) is 0 Å². The van der Waals surface area contributed by atoms with Gasteiger partial charge in [0, 0.05) is 5.56 Å². The molecule has 3 rings (SSSR count). The van der Waals surface area contributed by atoms with E-state index in [0.717, 1.165) is 22.4 Å². The van der Waals surface area contributed by atoms with Crippen molar-refractivity contribution >= 4 is 11.0 Å². The van der Waals surface area contributed by atoms with Crippen molar-refractivity contribution in [1.82, 2.24) is 9.97 Å². The van der Waals surface area contributed by atoms with Gasteiger partial charge in [0.1, 0.15) is 11.6 Å². The van der Waals surface area contributed by atoms with Crippen molar-refractivity contribution in [3.8, 4) is 11.4 Å². The fraction of sp³-hybridized carbons (Fsp3) is 0.188. The number of imidazole rings is 1. The van der Waals surface area contributed by atoms with E-state index in [0.29, 0.717) is 12.5 Å². The summed E-state index contributed by atoms with van der Waals surface area (Å²) in [5.41, 5.74) is 9.63. The average molecular weight is 269 g/mol. The van der Waals surface area contributed by atoms with Crippen LogP contribution in [0.25, 0.3) is 22.4 Å². The Bertz CT molecular complexity index is 731. The Morgan fingerprint density at radius 2 is 1.95 bits per heavy atom. The summed E-state index contributed by atoms with van der Waals surface area (Å²) in [6.45, 7) is 2.71. The highest BCUT2D eigenvalue weighted by Crippen LogP contribution is 2.23. The van der Waals surface area contributed by atoms with Crippen LogP contribution < -0.4 is 5.73 Å². The summed E-state index contributed by atoms with van der Waals surface area (Å²) in [4.78, 5) is 7.81. The minimum atomic E-state index is -0.246. The van der Waals surface area contributed by atoms with Crippen LogP contribution in [-0.4, -0.2) is 16.5 Å². The van der Waals surface area contributed by atoms with E-state index in [2.05, 4.69) is 29.0 Å². The van der Waals surface area contributed by atoms with Crippen molar-refractivity contribution in [2.45, 2.75) is 12.8 Å². The molecular formula is C16H16FN3. The highest BCUT2D eigenvalue weighted by Gasteiger charge is 2.08. The van der Waals surface area contributed by atoms with Crippen molar-refractivity contribution in [2.75, 3.05) is 6.54 Å². The summed E-state index contributed by atoms with van der Waals surface area (Å²) in [6.07, 6.45) is 0. The molecule has 0 spiro atoms. The summed E-state index contributed by atoms with van der Waals surface area (Å²) in [6, 6.07) is 12.4. The first-order valence-electron chi connectivity index (χ1n) is 6.63. The molecule has 0 fully saturated rings. The van der Waals surface area contributed by atoms with Crippen LogP contribution >= 0.6 is 0 Å². The minimum absolute atomic E-state index is 0.246. The Morgan fingerprint density at radius 3 is 2.65 bits per heavy atom. The Balaban J connectivity index is 2.04. The maximum Gasteiger partial charge on any atom is 0.138 e. The van der Waals surface area contributed by atoms with Crippen LogP contribution in [0.3, 0.4) is 0 Å². The van der Waals surface area contributed by atoms with Crippen LogP contribution in [0.1, 0.15) is 18.4 Å². The Hall–Kier alpha value is -2.20. The molecule has 0 aliphatic heterocycles. The van der Waals surface area contributed by atoms with Gasteiger partial charge in [-0.05, 0) is 54.4 Å². The third-order valence-electron chi connectivity index (χ3n) is 3.55. The van der Waals surface area contributed by atoms with Gasteiger partial charge in [0.2, 0.25) is 0 Å². The molecule has 1 aromatic heterocycles. The molecule has 3 N–H and O–H groups in total. The van der Waals surface area contributed by atoms with Gasteiger partial charge in [-0.25, -0.2) is 9.37 Å². The zero-order valence-electron chi connectivity index (χ0n) is 11.2. The predicted octanol–water partition coefficient (Wildman–Crippen LogP) is 3.43. The molecule has 1 unspecified atom stereocenters. The van der Waals surface area contributed by atoms with E-state index in [1.807, 2.05) is 6.07 Å². The van der Waals surface area contributed by atoms with Crippen LogP contribution in [0.15, 0.2) is 42.5 Å². The first-order valence-corrected chi connectivity index (χ1v) is 6.63. The largest absolute Gasteiger partial charge is 0.338 e. The highest BCUT2D eigenvalue weighted by atomic mass is 19.1. The van der Waals surface area contributed by atoms with Gasteiger partial charge in [0.25, 0.3) is 0 Å². The number of H-pyrrole nitrogens is 1. The molecule has 0 amide bonds. The van der Waals surface area contributed by atoms with Crippen LogP contribution in [0.4, 0.5) is 4.39 Å². The number of rotatable bonds is 3. The lowest BCUT2D eigenvalue weighted by atomic mass is 10.0. The van der Waals surface area contributed by atoms with E-state index in [1.54, 1.807) is 12.1 Å². The number of hydrogen-bond acceptors (Lipinski definition) is 2. The Labute approximate surface area is 116 Å². The smallest absolute Gasteiger partial charge is 0.138 e. The standard InChI is InChI=1S/C16H16FN3/c1-10(9-18)12-4-7-14-15(8-12)20-16(19-14)11-2-5-13(17)6-3-11/h2-8,10H,9,18H2,1H3,(H,19,20). The van der Waals surface area contributed by atoms with Crippen LogP contribution in [-0.2, 0) is 0 Å². The summed E-state index contributed by atoms with van der Waals surface area (Å²) >= 11 is 0. The SMILES string of the molecule is CC(CN)c1ccc2nc(-c3ccc(F)cc3)[nH]c2c1. The number of nitrogens with zero attached hydrogens (tertiary/aromatic N) is 1. The molecule has 20 heavy (non-hydrogen) atoms. The van der Waals surface area contributed by atoms with E-state index in [9.17, 15) is 4.39 Å². The molecule has 0 radical (unpaired) electrons. The molecule has 0 aliphatic carbocycles. The zero-order chi connectivity index (χ0) is 14.1. The van der Waals surface area contributed by atoms with Crippen molar-refractivity contribution in [3.63, 3.8) is 0 Å². The van der Waals surface area contributed by atoms with Crippen molar-refractivity contribution in [3.05, 3.63) is 53.8 Å². The number of nitrogens with two attached hydrogens (primary N) is 1. The van der Waals surface area contributed by atoms with E-state index in [4.69, 9.17) is 5.73 Å². The number of benzene rings is 2. The summed E-state index contributed by atoms with van der Waals surface area (Å²) < 4.78 is 12.9. The Morgan fingerprint density at radius 1 is 1.20 bits per heavy atom. The predicted molar refractivity (Wildman–Crippen MR) is 79.0 cm³/mol. The van der Waals surface area contributed by atoms with Gasteiger partial charge in [0.05, 0.1) is 11.0 Å². The quantitative estimate of drug-likeness (QED) is 0.765. The van der Waals surface area contributed by atoms with Gasteiger partial charge in [-0.15, -0.1) is 0 Å². The molecule has 4 heteroatoms. The lowest BCUT2D eigenvalue weighted by molar-refractivity contribution is 0.628. The molecular weight excluding hydrogens is 253 g/mol. The minimum Gasteiger partial charge on any atom is -0.338 e. The zero-order valence-corrected chi connectivity index (χ0v) is 11.2. The number of aromatic amines is 1. The number of hydrogen-bond donors (Lipinski definition) is 2. The molecule has 0 saturated carbocycles. The van der Waals surface area contributed by atoms with Gasteiger partial charge in [-0.1, -0.05) is 13.0 Å². The molecule has 1 heterocycles. The fourth-order valence-electron chi connectivity index (χ4n) is 2.21. The van der Waals surface area contributed by atoms with Gasteiger partial charge < -0.3 is 10.7 Å².